The van der Waals surface area contributed by atoms with Crippen LogP contribution in [0.4, 0.5) is 0 Å². The number of guanidine groups is 1. The van der Waals surface area contributed by atoms with Crippen LogP contribution in [0.3, 0.4) is 0 Å². The number of hydrogen-bond acceptors (Lipinski definition) is 4. The van der Waals surface area contributed by atoms with E-state index in [1.807, 2.05) is 0 Å². The molecule has 1 saturated heterocycles. The van der Waals surface area contributed by atoms with Gasteiger partial charge < -0.3 is 15.4 Å². The molecule has 106 valence electrons. The maximum Gasteiger partial charge on any atom is 0.191 e. The Balaban J connectivity index is 1.98. The van der Waals surface area contributed by atoms with E-state index in [4.69, 9.17) is 10.5 Å². The van der Waals surface area contributed by atoms with Gasteiger partial charge in [-0.15, -0.1) is 11.3 Å². The quantitative estimate of drug-likeness (QED) is 0.677. The summed E-state index contributed by atoms with van der Waals surface area (Å²) in [5, 5.41) is 1.04. The first-order chi connectivity index (χ1) is 9.08. The summed E-state index contributed by atoms with van der Waals surface area (Å²) in [5.74, 6) is 1.06. The zero-order chi connectivity index (χ0) is 13.8. The molecule has 2 heterocycles. The highest BCUT2D eigenvalue weighted by Gasteiger charge is 2.13. The molecule has 1 aliphatic heterocycles. The third-order valence-electron chi connectivity index (χ3n) is 3.14. The fourth-order valence-electron chi connectivity index (χ4n) is 2.11. The second-order valence-electron chi connectivity index (χ2n) is 4.98. The van der Waals surface area contributed by atoms with E-state index in [9.17, 15) is 0 Å². The van der Waals surface area contributed by atoms with E-state index in [1.165, 1.54) is 10.6 Å². The maximum absolute atomic E-state index is 6.00. The molecule has 6 heteroatoms. The lowest BCUT2D eigenvalue weighted by Crippen LogP contribution is -2.44. The lowest BCUT2D eigenvalue weighted by molar-refractivity contribution is 0.0674. The predicted octanol–water partition coefficient (Wildman–Crippen LogP) is 1.72. The molecule has 0 saturated carbocycles. The molecule has 1 fully saturated rings. The predicted molar refractivity (Wildman–Crippen MR) is 78.7 cm³/mol. The molecular weight excluding hydrogens is 260 g/mol. The zero-order valence-electron chi connectivity index (χ0n) is 11.8. The summed E-state index contributed by atoms with van der Waals surface area (Å²) in [6.45, 7) is 10.1. The smallest absolute Gasteiger partial charge is 0.191 e. The van der Waals surface area contributed by atoms with Gasteiger partial charge in [0.05, 0.1) is 25.5 Å². The topological polar surface area (TPSA) is 63.7 Å². The van der Waals surface area contributed by atoms with Crippen molar-refractivity contribution >= 4 is 17.3 Å². The number of hydrogen-bond donors (Lipinski definition) is 1. The highest BCUT2D eigenvalue weighted by Crippen LogP contribution is 2.24. The van der Waals surface area contributed by atoms with Crippen LogP contribution in [0.5, 0.6) is 0 Å². The van der Waals surface area contributed by atoms with Gasteiger partial charge in [-0.3, -0.25) is 0 Å². The highest BCUT2D eigenvalue weighted by molar-refractivity contribution is 7.11. The number of morpholine rings is 1. The number of aromatic nitrogens is 1. The first-order valence-electron chi connectivity index (χ1n) is 6.66. The van der Waals surface area contributed by atoms with Crippen molar-refractivity contribution in [3.8, 4) is 0 Å². The number of aryl methyl sites for hydroxylation is 1. The lowest BCUT2D eigenvalue weighted by Gasteiger charge is -2.27. The molecule has 1 aliphatic rings. The monoisotopic (exact) mass is 282 g/mol. The Morgan fingerprint density at radius 2 is 2.16 bits per heavy atom. The third-order valence-corrected chi connectivity index (χ3v) is 4.11. The van der Waals surface area contributed by atoms with Crippen LogP contribution in [0.1, 0.15) is 35.3 Å². The van der Waals surface area contributed by atoms with Crippen molar-refractivity contribution in [1.29, 1.82) is 0 Å². The minimum absolute atomic E-state index is 0.463. The van der Waals surface area contributed by atoms with Gasteiger partial charge in [0.2, 0.25) is 0 Å². The minimum Gasteiger partial charge on any atom is -0.378 e. The van der Waals surface area contributed by atoms with Gasteiger partial charge >= 0.3 is 0 Å². The maximum atomic E-state index is 6.00. The van der Waals surface area contributed by atoms with Crippen LogP contribution in [-0.4, -0.2) is 42.1 Å². The second-order valence-corrected chi connectivity index (χ2v) is 6.27. The molecule has 0 atom stereocenters. The van der Waals surface area contributed by atoms with Crippen LogP contribution in [0.15, 0.2) is 4.99 Å². The average Bonchev–Trinajstić information content (AvgIpc) is 2.78. The Morgan fingerprint density at radius 1 is 1.47 bits per heavy atom. The van der Waals surface area contributed by atoms with E-state index in [-0.39, 0.29) is 0 Å². The summed E-state index contributed by atoms with van der Waals surface area (Å²) >= 11 is 1.71. The van der Waals surface area contributed by atoms with Crippen LogP contribution < -0.4 is 5.73 Å². The SMILES string of the molecule is Cc1sc(CN=C(N)N2CCOCC2)nc1C(C)C. The molecule has 2 N–H and O–H groups in total. The van der Waals surface area contributed by atoms with Gasteiger partial charge in [0.15, 0.2) is 5.96 Å². The summed E-state index contributed by atoms with van der Waals surface area (Å²) in [5.41, 5.74) is 7.18. The molecular formula is C13H22N4OS. The van der Waals surface area contributed by atoms with Gasteiger partial charge in [0, 0.05) is 18.0 Å². The van der Waals surface area contributed by atoms with Gasteiger partial charge in [-0.1, -0.05) is 13.8 Å². The largest absolute Gasteiger partial charge is 0.378 e. The normalized spacial score (nSPS) is 17.3. The Hall–Kier alpha value is -1.14. The number of thiazole rings is 1. The summed E-state index contributed by atoms with van der Waals surface area (Å²) in [6.07, 6.45) is 0. The molecule has 19 heavy (non-hydrogen) atoms. The van der Waals surface area contributed by atoms with E-state index in [0.29, 0.717) is 18.4 Å². The Labute approximate surface area is 118 Å². The van der Waals surface area contributed by atoms with E-state index in [1.54, 1.807) is 11.3 Å². The summed E-state index contributed by atoms with van der Waals surface area (Å²) in [6, 6.07) is 0. The molecule has 1 aromatic heterocycles. The van der Waals surface area contributed by atoms with Crippen LogP contribution >= 0.6 is 11.3 Å². The first kappa shape index (κ1) is 14.3. The van der Waals surface area contributed by atoms with E-state index < -0.39 is 0 Å². The van der Waals surface area contributed by atoms with Gasteiger partial charge in [-0.05, 0) is 12.8 Å². The standard InChI is InChI=1S/C13H22N4OS/c1-9(2)12-10(3)19-11(16-12)8-15-13(14)17-4-6-18-7-5-17/h9H,4-8H2,1-3H3,(H2,14,15). The number of nitrogens with zero attached hydrogens (tertiary/aromatic N) is 3. The molecule has 2 rings (SSSR count). The summed E-state index contributed by atoms with van der Waals surface area (Å²) in [7, 11) is 0. The van der Waals surface area contributed by atoms with Crippen molar-refractivity contribution in [3.05, 3.63) is 15.6 Å². The Bertz CT molecular complexity index is 449. The van der Waals surface area contributed by atoms with Crippen molar-refractivity contribution in [2.24, 2.45) is 10.7 Å². The van der Waals surface area contributed by atoms with Gasteiger partial charge in [0.1, 0.15) is 5.01 Å². The molecule has 1 aromatic rings. The average molecular weight is 282 g/mol. The van der Waals surface area contributed by atoms with E-state index >= 15 is 0 Å². The van der Waals surface area contributed by atoms with Crippen LogP contribution in [0.2, 0.25) is 0 Å². The fourth-order valence-corrected chi connectivity index (χ4v) is 3.12. The van der Waals surface area contributed by atoms with Crippen molar-refractivity contribution in [1.82, 2.24) is 9.88 Å². The van der Waals surface area contributed by atoms with Crippen LogP contribution in [0, 0.1) is 6.92 Å². The third kappa shape index (κ3) is 3.67. The zero-order valence-corrected chi connectivity index (χ0v) is 12.7. The lowest BCUT2D eigenvalue weighted by atomic mass is 10.1. The van der Waals surface area contributed by atoms with Gasteiger partial charge in [0.25, 0.3) is 0 Å². The number of ether oxygens (including phenoxy) is 1. The van der Waals surface area contributed by atoms with Crippen molar-refractivity contribution in [2.75, 3.05) is 26.3 Å². The molecule has 0 bridgehead atoms. The van der Waals surface area contributed by atoms with Gasteiger partial charge in [-0.25, -0.2) is 9.98 Å². The first-order valence-corrected chi connectivity index (χ1v) is 7.48. The molecule has 0 spiro atoms. The van der Waals surface area contributed by atoms with Crippen molar-refractivity contribution in [2.45, 2.75) is 33.2 Å². The summed E-state index contributed by atoms with van der Waals surface area (Å²) in [4.78, 5) is 12.4. The number of rotatable bonds is 3. The van der Waals surface area contributed by atoms with Crippen LogP contribution in [-0.2, 0) is 11.3 Å². The molecule has 0 unspecified atom stereocenters. The summed E-state index contributed by atoms with van der Waals surface area (Å²) < 4.78 is 5.30. The number of nitrogens with two attached hydrogens (primary N) is 1. The van der Waals surface area contributed by atoms with Crippen molar-refractivity contribution in [3.63, 3.8) is 0 Å². The van der Waals surface area contributed by atoms with Gasteiger partial charge in [-0.2, -0.15) is 0 Å². The molecule has 0 radical (unpaired) electrons. The second kappa shape index (κ2) is 6.34. The van der Waals surface area contributed by atoms with Crippen LogP contribution in [0.25, 0.3) is 0 Å². The van der Waals surface area contributed by atoms with Crippen molar-refractivity contribution < 1.29 is 4.74 Å². The Morgan fingerprint density at radius 3 is 2.74 bits per heavy atom. The molecule has 0 aromatic carbocycles. The number of aliphatic imine (C=N–C) groups is 1. The Kier molecular flexibility index (Phi) is 4.76. The minimum atomic E-state index is 0.463. The molecule has 0 amide bonds. The van der Waals surface area contributed by atoms with E-state index in [2.05, 4.69) is 35.6 Å². The fraction of sp³-hybridized carbons (Fsp3) is 0.692. The molecule has 5 nitrogen and oxygen atoms in total. The van der Waals surface area contributed by atoms with E-state index in [0.717, 1.165) is 31.3 Å². The molecule has 0 aliphatic carbocycles. The highest BCUT2D eigenvalue weighted by atomic mass is 32.1.